The molecule has 0 radical (unpaired) electrons. The molecule has 0 bridgehead atoms. The molecule has 2 atom stereocenters. The lowest BCUT2D eigenvalue weighted by Gasteiger charge is -2.26. The van der Waals surface area contributed by atoms with Gasteiger partial charge in [0.25, 0.3) is 0 Å². The molecule has 2 heteroatoms. The molecule has 0 saturated carbocycles. The molecule has 0 spiro atoms. The Morgan fingerprint density at radius 1 is 0.931 bits per heavy atom. The first-order valence-corrected chi connectivity index (χ1v) is 11.2. The maximum atomic E-state index is 13.1. The van der Waals surface area contributed by atoms with E-state index in [0.717, 1.165) is 18.4 Å². The number of ketones is 1. The first-order valence-electron chi connectivity index (χ1n) is 11.2. The second-order valence-electron chi connectivity index (χ2n) is 10.9. The standard InChI is InChI=1S/C27H44O2/c1-19(2)12-11-13-20(3)14-15-29-21(4)25(28)22-16-23(26(5,6)7)18-24(17-22)27(8,9)10/h12,16-18,20-21H,11,13-15H2,1-10H3/t20-,21?/m1/s1. The maximum Gasteiger partial charge on any atom is 0.191 e. The average Bonchev–Trinajstić information content (AvgIpc) is 2.58. The predicted molar refractivity (Wildman–Crippen MR) is 126 cm³/mol. The van der Waals surface area contributed by atoms with Gasteiger partial charge in [0.05, 0.1) is 0 Å². The molecule has 0 aliphatic rings. The van der Waals surface area contributed by atoms with Crippen LogP contribution in [0.4, 0.5) is 0 Å². The minimum absolute atomic E-state index is 0.00110. The van der Waals surface area contributed by atoms with Gasteiger partial charge in [-0.2, -0.15) is 0 Å². The Balaban J connectivity index is 2.80. The van der Waals surface area contributed by atoms with E-state index in [2.05, 4.69) is 86.6 Å². The lowest BCUT2D eigenvalue weighted by atomic mass is 9.79. The molecule has 0 heterocycles. The molecule has 164 valence electrons. The van der Waals surface area contributed by atoms with Gasteiger partial charge in [0.15, 0.2) is 5.78 Å². The van der Waals surface area contributed by atoms with Crippen molar-refractivity contribution >= 4 is 5.78 Å². The van der Waals surface area contributed by atoms with Gasteiger partial charge in [-0.05, 0) is 80.0 Å². The van der Waals surface area contributed by atoms with E-state index in [9.17, 15) is 4.79 Å². The summed E-state index contributed by atoms with van der Waals surface area (Å²) in [6.07, 6.45) is 5.15. The molecule has 1 rings (SSSR count). The van der Waals surface area contributed by atoms with Gasteiger partial charge in [-0.3, -0.25) is 4.79 Å². The van der Waals surface area contributed by atoms with Crippen LogP contribution in [0, 0.1) is 5.92 Å². The molecule has 0 aliphatic heterocycles. The third kappa shape index (κ3) is 8.86. The highest BCUT2D eigenvalue weighted by Crippen LogP contribution is 2.31. The number of hydrogen-bond acceptors (Lipinski definition) is 2. The zero-order valence-electron chi connectivity index (χ0n) is 20.6. The van der Waals surface area contributed by atoms with Crippen LogP contribution in [0.1, 0.15) is 110 Å². The smallest absolute Gasteiger partial charge is 0.191 e. The molecule has 1 aromatic carbocycles. The van der Waals surface area contributed by atoms with Crippen LogP contribution in [0.3, 0.4) is 0 Å². The molecule has 2 nitrogen and oxygen atoms in total. The Hall–Kier alpha value is -1.41. The third-order valence-electron chi connectivity index (χ3n) is 5.51. The van der Waals surface area contributed by atoms with Gasteiger partial charge in [0, 0.05) is 12.2 Å². The fourth-order valence-electron chi connectivity index (χ4n) is 3.19. The van der Waals surface area contributed by atoms with Gasteiger partial charge >= 0.3 is 0 Å². The summed E-state index contributed by atoms with van der Waals surface area (Å²) in [6.45, 7) is 22.2. The van der Waals surface area contributed by atoms with Crippen molar-refractivity contribution in [2.24, 2.45) is 5.92 Å². The van der Waals surface area contributed by atoms with Crippen LogP contribution < -0.4 is 0 Å². The molecular formula is C27H44O2. The van der Waals surface area contributed by atoms with E-state index >= 15 is 0 Å². The summed E-state index contributed by atoms with van der Waals surface area (Å²) in [5.74, 6) is 0.684. The van der Waals surface area contributed by atoms with E-state index in [4.69, 9.17) is 4.74 Å². The van der Waals surface area contributed by atoms with Crippen LogP contribution in [-0.4, -0.2) is 18.5 Å². The molecule has 29 heavy (non-hydrogen) atoms. The summed E-state index contributed by atoms with van der Waals surface area (Å²) >= 11 is 0. The maximum absolute atomic E-state index is 13.1. The first kappa shape index (κ1) is 25.6. The van der Waals surface area contributed by atoms with Crippen LogP contribution >= 0.6 is 0 Å². The molecule has 0 aromatic heterocycles. The van der Waals surface area contributed by atoms with E-state index in [1.807, 2.05) is 6.92 Å². The van der Waals surface area contributed by atoms with E-state index in [1.165, 1.54) is 23.1 Å². The number of rotatable bonds is 9. The Kier molecular flexibility index (Phi) is 9.34. The second kappa shape index (κ2) is 10.6. The highest BCUT2D eigenvalue weighted by atomic mass is 16.5. The normalized spacial score (nSPS) is 14.4. The topological polar surface area (TPSA) is 26.3 Å². The molecule has 0 amide bonds. The molecule has 0 N–H and O–H groups in total. The molecule has 1 unspecified atom stereocenters. The van der Waals surface area contributed by atoms with Crippen LogP contribution in [0.15, 0.2) is 29.8 Å². The average molecular weight is 401 g/mol. The summed E-state index contributed by atoms with van der Waals surface area (Å²) in [5, 5.41) is 0. The highest BCUT2D eigenvalue weighted by molar-refractivity contribution is 5.99. The van der Waals surface area contributed by atoms with Crippen molar-refractivity contribution in [1.29, 1.82) is 0 Å². The number of ether oxygens (including phenoxy) is 1. The van der Waals surface area contributed by atoms with Gasteiger partial charge in [0.1, 0.15) is 6.10 Å². The van der Waals surface area contributed by atoms with Gasteiger partial charge in [-0.1, -0.05) is 66.2 Å². The number of Topliss-reactive ketones (excluding diaryl/α,β-unsaturated/α-hetero) is 1. The fraction of sp³-hybridized carbons (Fsp3) is 0.667. The van der Waals surface area contributed by atoms with E-state index in [0.29, 0.717) is 12.5 Å². The number of benzene rings is 1. The summed E-state index contributed by atoms with van der Waals surface area (Å²) in [6, 6.07) is 6.36. The molecule has 0 aliphatic carbocycles. The van der Waals surface area contributed by atoms with Gasteiger partial charge in [-0.25, -0.2) is 0 Å². The number of hydrogen-bond donors (Lipinski definition) is 0. The Labute approximate surface area is 180 Å². The van der Waals surface area contributed by atoms with Crippen molar-refractivity contribution in [2.75, 3.05) is 6.61 Å². The van der Waals surface area contributed by atoms with Crippen molar-refractivity contribution < 1.29 is 9.53 Å². The SMILES string of the molecule is CC(C)=CCC[C@@H](C)CCOC(C)C(=O)c1cc(C(C)(C)C)cc(C(C)(C)C)c1. The summed E-state index contributed by atoms with van der Waals surface area (Å²) in [4.78, 5) is 13.1. The molecule has 0 saturated heterocycles. The number of carbonyl (C=O) groups is 1. The summed E-state index contributed by atoms with van der Waals surface area (Å²) in [5.41, 5.74) is 4.55. The number of allylic oxidation sites excluding steroid dienone is 2. The summed E-state index contributed by atoms with van der Waals surface area (Å²) < 4.78 is 5.94. The van der Waals surface area contributed by atoms with E-state index < -0.39 is 6.10 Å². The fourth-order valence-corrected chi connectivity index (χ4v) is 3.19. The monoisotopic (exact) mass is 400 g/mol. The van der Waals surface area contributed by atoms with Crippen molar-refractivity contribution in [1.82, 2.24) is 0 Å². The lowest BCUT2D eigenvalue weighted by Crippen LogP contribution is -2.24. The molecule has 0 fully saturated rings. The zero-order chi connectivity index (χ0) is 22.4. The zero-order valence-corrected chi connectivity index (χ0v) is 20.6. The van der Waals surface area contributed by atoms with E-state index in [1.54, 1.807) is 0 Å². The first-order chi connectivity index (χ1) is 13.2. The van der Waals surface area contributed by atoms with Crippen molar-refractivity contribution in [3.63, 3.8) is 0 Å². The molecular weight excluding hydrogens is 356 g/mol. The third-order valence-corrected chi connectivity index (χ3v) is 5.51. The highest BCUT2D eigenvalue weighted by Gasteiger charge is 2.24. The Morgan fingerprint density at radius 2 is 1.45 bits per heavy atom. The predicted octanol–water partition coefficient (Wildman–Crippen LogP) is 7.64. The minimum atomic E-state index is -0.414. The lowest BCUT2D eigenvalue weighted by molar-refractivity contribution is 0.0435. The minimum Gasteiger partial charge on any atom is -0.370 e. The van der Waals surface area contributed by atoms with Crippen LogP contribution in [0.5, 0.6) is 0 Å². The van der Waals surface area contributed by atoms with Crippen molar-refractivity contribution in [3.8, 4) is 0 Å². The van der Waals surface area contributed by atoms with Gasteiger partial charge in [0.2, 0.25) is 0 Å². The van der Waals surface area contributed by atoms with Crippen molar-refractivity contribution in [3.05, 3.63) is 46.5 Å². The molecule has 1 aromatic rings. The van der Waals surface area contributed by atoms with Gasteiger partial charge in [-0.15, -0.1) is 0 Å². The second-order valence-corrected chi connectivity index (χ2v) is 10.9. The van der Waals surface area contributed by atoms with Crippen LogP contribution in [-0.2, 0) is 15.6 Å². The number of carbonyl (C=O) groups excluding carboxylic acids is 1. The van der Waals surface area contributed by atoms with Crippen LogP contribution in [0.2, 0.25) is 0 Å². The van der Waals surface area contributed by atoms with E-state index in [-0.39, 0.29) is 16.6 Å². The summed E-state index contributed by atoms with van der Waals surface area (Å²) in [7, 11) is 0. The largest absolute Gasteiger partial charge is 0.370 e. The Bertz CT molecular complexity index is 662. The Morgan fingerprint density at radius 3 is 1.90 bits per heavy atom. The van der Waals surface area contributed by atoms with Gasteiger partial charge < -0.3 is 4.74 Å². The van der Waals surface area contributed by atoms with Crippen molar-refractivity contribution in [2.45, 2.75) is 105 Å². The quantitative estimate of drug-likeness (QED) is 0.314. The van der Waals surface area contributed by atoms with Crippen LogP contribution in [0.25, 0.3) is 0 Å².